The van der Waals surface area contributed by atoms with Gasteiger partial charge in [-0.3, -0.25) is 23.9 Å². The molecule has 0 saturated carbocycles. The third kappa shape index (κ3) is 5.09. The van der Waals surface area contributed by atoms with Crippen LogP contribution in [0.2, 0.25) is 0 Å². The van der Waals surface area contributed by atoms with E-state index in [4.69, 9.17) is 9.47 Å². The monoisotopic (exact) mass is 498 g/mol. The number of carbonyl (C=O) groups excluding carboxylic acids is 4. The Hall–Kier alpha value is -3.40. The second-order valence-corrected chi connectivity index (χ2v) is 10.4. The molecule has 194 valence electrons. The van der Waals surface area contributed by atoms with E-state index >= 15 is 0 Å². The van der Waals surface area contributed by atoms with Crippen molar-refractivity contribution in [3.05, 3.63) is 36.5 Å². The van der Waals surface area contributed by atoms with Gasteiger partial charge in [-0.2, -0.15) is 0 Å². The van der Waals surface area contributed by atoms with Crippen LogP contribution in [0.15, 0.2) is 36.5 Å². The van der Waals surface area contributed by atoms with E-state index in [2.05, 4.69) is 5.32 Å². The molecule has 1 aromatic carbocycles. The van der Waals surface area contributed by atoms with Gasteiger partial charge in [-0.05, 0) is 52.7 Å². The maximum absolute atomic E-state index is 13.6. The Bertz CT molecular complexity index is 1170. The smallest absolute Gasteiger partial charge is 0.410 e. The van der Waals surface area contributed by atoms with Gasteiger partial charge in [-0.15, -0.1) is 0 Å². The van der Waals surface area contributed by atoms with Crippen LogP contribution in [0.25, 0.3) is 10.9 Å². The second-order valence-electron chi connectivity index (χ2n) is 10.4. The number of benzene rings is 1. The normalized spacial score (nSPS) is 23.1. The zero-order valence-electron chi connectivity index (χ0n) is 21.4. The highest BCUT2D eigenvalue weighted by Gasteiger charge is 2.46. The number of nitrogens with one attached hydrogen (secondary N) is 1. The molecule has 36 heavy (non-hydrogen) atoms. The van der Waals surface area contributed by atoms with Crippen molar-refractivity contribution in [2.24, 2.45) is 0 Å². The zero-order valence-corrected chi connectivity index (χ0v) is 21.4. The molecule has 3 heterocycles. The van der Waals surface area contributed by atoms with Gasteiger partial charge in [0.15, 0.2) is 0 Å². The molecular formula is C26H34N4O6. The average Bonchev–Trinajstić information content (AvgIpc) is 3.41. The van der Waals surface area contributed by atoms with Crippen molar-refractivity contribution in [2.75, 3.05) is 13.7 Å². The van der Waals surface area contributed by atoms with Crippen LogP contribution >= 0.6 is 0 Å². The predicted octanol–water partition coefficient (Wildman–Crippen LogP) is 2.76. The number of rotatable bonds is 4. The first-order valence-electron chi connectivity index (χ1n) is 12.3. The molecule has 0 radical (unpaired) electrons. The Morgan fingerprint density at radius 1 is 1.14 bits per heavy atom. The first-order valence-corrected chi connectivity index (χ1v) is 12.3. The Balaban J connectivity index is 1.48. The van der Waals surface area contributed by atoms with Crippen LogP contribution in [0, 0.1) is 0 Å². The zero-order chi connectivity index (χ0) is 26.2. The van der Waals surface area contributed by atoms with Crippen molar-refractivity contribution in [1.82, 2.24) is 19.7 Å². The number of fused-ring (bicyclic) bond motifs is 2. The predicted molar refractivity (Wildman–Crippen MR) is 132 cm³/mol. The van der Waals surface area contributed by atoms with E-state index in [9.17, 15) is 19.2 Å². The minimum absolute atomic E-state index is 0.208. The Labute approximate surface area is 210 Å². The number of para-hydroxylation sites is 1. The lowest BCUT2D eigenvalue weighted by molar-refractivity contribution is -0.143. The summed E-state index contributed by atoms with van der Waals surface area (Å²) in [6.07, 6.45) is 1.85. The van der Waals surface area contributed by atoms with Crippen LogP contribution in [-0.4, -0.2) is 81.8 Å². The van der Waals surface area contributed by atoms with Crippen LogP contribution in [0.5, 0.6) is 0 Å². The second kappa shape index (κ2) is 9.93. The maximum atomic E-state index is 13.6. The molecule has 1 aromatic heterocycles. The van der Waals surface area contributed by atoms with E-state index in [-0.39, 0.29) is 24.8 Å². The van der Waals surface area contributed by atoms with Crippen LogP contribution in [0.1, 0.15) is 51.8 Å². The van der Waals surface area contributed by atoms with Gasteiger partial charge >= 0.3 is 6.09 Å². The lowest BCUT2D eigenvalue weighted by Gasteiger charge is -2.31. The highest BCUT2D eigenvalue weighted by atomic mass is 16.6. The minimum Gasteiger partial charge on any atom is -0.444 e. The summed E-state index contributed by atoms with van der Waals surface area (Å²) < 4.78 is 12.8. The number of hydrogen-bond acceptors (Lipinski definition) is 6. The van der Waals surface area contributed by atoms with E-state index in [1.807, 2.05) is 30.3 Å². The molecule has 4 rings (SSSR count). The summed E-state index contributed by atoms with van der Waals surface area (Å²) in [5.74, 6) is -1.05. The lowest BCUT2D eigenvalue weighted by atomic mass is 10.1. The van der Waals surface area contributed by atoms with Crippen molar-refractivity contribution in [2.45, 2.75) is 76.9 Å². The Morgan fingerprint density at radius 2 is 1.86 bits per heavy atom. The molecule has 10 heteroatoms. The maximum Gasteiger partial charge on any atom is 0.410 e. The first-order chi connectivity index (χ1) is 17.0. The summed E-state index contributed by atoms with van der Waals surface area (Å²) in [6, 6.07) is 7.00. The van der Waals surface area contributed by atoms with E-state index in [1.165, 1.54) is 16.8 Å². The van der Waals surface area contributed by atoms with Crippen LogP contribution in [0.3, 0.4) is 0 Å². The average molecular weight is 499 g/mol. The Morgan fingerprint density at radius 3 is 2.58 bits per heavy atom. The number of carbonyl (C=O) groups is 4. The van der Waals surface area contributed by atoms with Gasteiger partial charge in [0.05, 0.1) is 12.1 Å². The van der Waals surface area contributed by atoms with E-state index in [1.54, 1.807) is 38.5 Å². The number of likely N-dealkylation sites (N-methyl/N-ethyl adjacent to an activating group) is 1. The van der Waals surface area contributed by atoms with Gasteiger partial charge in [-0.1, -0.05) is 18.2 Å². The quantitative estimate of drug-likeness (QED) is 0.694. The van der Waals surface area contributed by atoms with Crippen molar-refractivity contribution in [3.8, 4) is 0 Å². The third-order valence-corrected chi connectivity index (χ3v) is 6.68. The molecule has 2 saturated heterocycles. The molecule has 4 atom stereocenters. The molecule has 2 fully saturated rings. The first kappa shape index (κ1) is 25.7. The summed E-state index contributed by atoms with van der Waals surface area (Å²) >= 11 is 0. The topological polar surface area (TPSA) is 110 Å². The summed E-state index contributed by atoms with van der Waals surface area (Å²) in [7, 11) is 1.48. The van der Waals surface area contributed by atoms with E-state index in [0.29, 0.717) is 12.8 Å². The number of amides is 3. The molecule has 1 N–H and O–H groups in total. The highest BCUT2D eigenvalue weighted by Crippen LogP contribution is 2.31. The fraction of sp³-hybridized carbons (Fsp3) is 0.538. The van der Waals surface area contributed by atoms with Gasteiger partial charge in [0.1, 0.15) is 30.0 Å². The molecule has 3 amide bonds. The van der Waals surface area contributed by atoms with Crippen molar-refractivity contribution in [3.63, 3.8) is 0 Å². The van der Waals surface area contributed by atoms with Crippen molar-refractivity contribution >= 4 is 34.7 Å². The molecule has 0 unspecified atom stereocenters. The van der Waals surface area contributed by atoms with Gasteiger partial charge < -0.3 is 19.7 Å². The van der Waals surface area contributed by atoms with Gasteiger partial charge in [0, 0.05) is 25.1 Å². The van der Waals surface area contributed by atoms with Crippen LogP contribution in [0.4, 0.5) is 4.79 Å². The molecule has 0 spiro atoms. The van der Waals surface area contributed by atoms with E-state index < -0.39 is 42.0 Å². The summed E-state index contributed by atoms with van der Waals surface area (Å²) in [6.45, 7) is 7.07. The van der Waals surface area contributed by atoms with Gasteiger partial charge in [0.25, 0.3) is 5.91 Å². The number of hydrogen-bond donors (Lipinski definition) is 1. The molecule has 2 aromatic rings. The standard InChI is InChI=1S/C26H34N4O6/c1-16(28(5)25(34)36-26(2,3)4)22(31)27-18-13-15-35-21-11-10-20(30(21)23(18)32)24(33)29-14-12-17-8-6-7-9-19(17)29/h6-9,12,14,16,18,20-21H,10-11,13,15H2,1-5H3,(H,27,31)/t16-,18-,20-,21-/m0/s1. The van der Waals surface area contributed by atoms with Gasteiger partial charge in [0.2, 0.25) is 11.8 Å². The molecular weight excluding hydrogens is 464 g/mol. The lowest BCUT2D eigenvalue weighted by Crippen LogP contribution is -2.56. The molecule has 0 bridgehead atoms. The van der Waals surface area contributed by atoms with Crippen LogP contribution < -0.4 is 5.32 Å². The SMILES string of the molecule is C[C@@H](C(=O)N[C@H]1CCO[C@H]2CC[C@@H](C(=O)n3ccc4ccccc43)N2C1=O)N(C)C(=O)OC(C)(C)C. The fourth-order valence-corrected chi connectivity index (χ4v) is 4.64. The molecule has 2 aliphatic rings. The fourth-order valence-electron chi connectivity index (χ4n) is 4.64. The molecule has 2 aliphatic heterocycles. The summed E-state index contributed by atoms with van der Waals surface area (Å²) in [5, 5.41) is 3.70. The largest absolute Gasteiger partial charge is 0.444 e. The molecule has 0 aliphatic carbocycles. The van der Waals surface area contributed by atoms with Gasteiger partial charge in [-0.25, -0.2) is 4.79 Å². The van der Waals surface area contributed by atoms with Crippen molar-refractivity contribution in [1.29, 1.82) is 0 Å². The summed E-state index contributed by atoms with van der Waals surface area (Å²) in [4.78, 5) is 55.1. The third-order valence-electron chi connectivity index (χ3n) is 6.68. The number of aromatic nitrogens is 1. The number of nitrogens with zero attached hydrogens (tertiary/aromatic N) is 3. The highest BCUT2D eigenvalue weighted by molar-refractivity contribution is 5.98. The molecule has 10 nitrogen and oxygen atoms in total. The van der Waals surface area contributed by atoms with Crippen LogP contribution in [-0.2, 0) is 19.1 Å². The summed E-state index contributed by atoms with van der Waals surface area (Å²) in [5.41, 5.74) is 0.0750. The number of ether oxygens (including phenoxy) is 2. The minimum atomic E-state index is -0.869. The van der Waals surface area contributed by atoms with Crippen molar-refractivity contribution < 1.29 is 28.7 Å². The van der Waals surface area contributed by atoms with E-state index in [0.717, 1.165) is 10.9 Å². The Kier molecular flexibility index (Phi) is 7.08.